The van der Waals surface area contributed by atoms with Crippen molar-refractivity contribution in [3.63, 3.8) is 0 Å². The van der Waals surface area contributed by atoms with Crippen molar-refractivity contribution in [3.05, 3.63) is 58.1 Å². The molecule has 0 saturated carbocycles. The van der Waals surface area contributed by atoms with Gasteiger partial charge in [-0.2, -0.15) is 0 Å². The van der Waals surface area contributed by atoms with Crippen LogP contribution >= 0.6 is 0 Å². The van der Waals surface area contributed by atoms with Gasteiger partial charge in [-0.05, 0) is 50.1 Å². The number of hydrogen-bond donors (Lipinski definition) is 3. The number of nitrogens with zero attached hydrogens (tertiary/aromatic N) is 2. The fourth-order valence-electron chi connectivity index (χ4n) is 3.73. The van der Waals surface area contributed by atoms with Gasteiger partial charge in [0.15, 0.2) is 5.69 Å². The molecule has 178 valence electrons. The molecule has 10 heteroatoms. The van der Waals surface area contributed by atoms with Crippen LogP contribution in [0.3, 0.4) is 0 Å². The van der Waals surface area contributed by atoms with Gasteiger partial charge in [-0.15, -0.1) is 0 Å². The number of aliphatic hydroxyl groups excluding tert-OH is 1. The van der Waals surface area contributed by atoms with Gasteiger partial charge in [0.05, 0.1) is 17.1 Å². The van der Waals surface area contributed by atoms with E-state index in [-0.39, 0.29) is 35.7 Å². The standard InChI is InChI=1S/C23H30N4O6/c1-2-32-23(29)16-6-8-18(9-7-16)26-12-10-17(11-13-26)25-14-19(28)15-33-21-5-3-4-20(22(21)24)27(30)31/h3-9,17,19,25,28H,2,10-15,24H2,1H3/t19-/m0/s1. The van der Waals surface area contributed by atoms with Gasteiger partial charge in [0.2, 0.25) is 0 Å². The molecule has 1 aliphatic heterocycles. The van der Waals surface area contributed by atoms with Crippen LogP contribution in [-0.4, -0.2) is 61.0 Å². The molecule has 0 radical (unpaired) electrons. The van der Waals surface area contributed by atoms with Crippen LogP contribution in [0.15, 0.2) is 42.5 Å². The fraction of sp³-hybridized carbons (Fsp3) is 0.435. The molecule has 0 aromatic heterocycles. The van der Waals surface area contributed by atoms with Gasteiger partial charge in [-0.3, -0.25) is 10.1 Å². The normalized spacial score (nSPS) is 15.2. The summed E-state index contributed by atoms with van der Waals surface area (Å²) in [6, 6.07) is 12.0. The molecule has 10 nitrogen and oxygen atoms in total. The summed E-state index contributed by atoms with van der Waals surface area (Å²) in [6.45, 7) is 4.16. The van der Waals surface area contributed by atoms with Crippen molar-refractivity contribution in [2.75, 3.05) is 43.5 Å². The van der Waals surface area contributed by atoms with E-state index in [1.54, 1.807) is 19.1 Å². The van der Waals surface area contributed by atoms with E-state index < -0.39 is 11.0 Å². The topological polar surface area (TPSA) is 140 Å². The number of benzene rings is 2. The van der Waals surface area contributed by atoms with Gasteiger partial charge < -0.3 is 30.5 Å². The number of nitrogens with one attached hydrogen (secondary N) is 1. The van der Waals surface area contributed by atoms with E-state index in [0.29, 0.717) is 18.7 Å². The largest absolute Gasteiger partial charge is 0.488 e. The lowest BCUT2D eigenvalue weighted by atomic mass is 10.0. The highest BCUT2D eigenvalue weighted by Gasteiger charge is 2.21. The van der Waals surface area contributed by atoms with Crippen LogP contribution in [0.1, 0.15) is 30.1 Å². The molecule has 0 aliphatic carbocycles. The molecule has 0 unspecified atom stereocenters. The molecule has 1 fully saturated rings. The third-order valence-corrected chi connectivity index (χ3v) is 5.55. The van der Waals surface area contributed by atoms with Gasteiger partial charge in [0, 0.05) is 37.4 Å². The number of aliphatic hydroxyl groups is 1. The average molecular weight is 459 g/mol. The fourth-order valence-corrected chi connectivity index (χ4v) is 3.73. The first-order chi connectivity index (χ1) is 15.9. The summed E-state index contributed by atoms with van der Waals surface area (Å²) in [4.78, 5) is 24.4. The molecule has 2 aromatic carbocycles. The minimum absolute atomic E-state index is 0.0238. The minimum Gasteiger partial charge on any atom is -0.488 e. The van der Waals surface area contributed by atoms with Crippen LogP contribution in [0.4, 0.5) is 17.1 Å². The number of hydrogen-bond acceptors (Lipinski definition) is 9. The highest BCUT2D eigenvalue weighted by Crippen LogP contribution is 2.30. The molecule has 33 heavy (non-hydrogen) atoms. The monoisotopic (exact) mass is 458 g/mol. The average Bonchev–Trinajstić information content (AvgIpc) is 2.82. The highest BCUT2D eigenvalue weighted by atomic mass is 16.6. The summed E-state index contributed by atoms with van der Waals surface area (Å²) < 4.78 is 10.5. The Morgan fingerprint density at radius 1 is 1.27 bits per heavy atom. The van der Waals surface area contributed by atoms with E-state index in [1.807, 2.05) is 12.1 Å². The quantitative estimate of drug-likeness (QED) is 0.212. The van der Waals surface area contributed by atoms with Gasteiger partial charge in [-0.25, -0.2) is 4.79 Å². The summed E-state index contributed by atoms with van der Waals surface area (Å²) in [7, 11) is 0. The molecule has 0 spiro atoms. The number of para-hydroxylation sites is 1. The summed E-state index contributed by atoms with van der Waals surface area (Å²) in [5, 5.41) is 24.6. The van der Waals surface area contributed by atoms with Gasteiger partial charge >= 0.3 is 5.97 Å². The lowest BCUT2D eigenvalue weighted by Crippen LogP contribution is -2.45. The molecule has 2 aromatic rings. The number of esters is 1. The minimum atomic E-state index is -0.780. The summed E-state index contributed by atoms with van der Waals surface area (Å²) in [6.07, 6.45) is 1.04. The summed E-state index contributed by atoms with van der Waals surface area (Å²) >= 11 is 0. The van der Waals surface area contributed by atoms with Crippen molar-refractivity contribution in [2.45, 2.75) is 31.9 Å². The Morgan fingerprint density at radius 3 is 2.61 bits per heavy atom. The van der Waals surface area contributed by atoms with Crippen LogP contribution in [0.2, 0.25) is 0 Å². The van der Waals surface area contributed by atoms with E-state index in [9.17, 15) is 20.0 Å². The van der Waals surface area contributed by atoms with Crippen LogP contribution in [0.25, 0.3) is 0 Å². The lowest BCUT2D eigenvalue weighted by Gasteiger charge is -2.34. The van der Waals surface area contributed by atoms with E-state index in [4.69, 9.17) is 15.2 Å². The third-order valence-electron chi connectivity index (χ3n) is 5.55. The molecular weight excluding hydrogens is 428 g/mol. The smallest absolute Gasteiger partial charge is 0.338 e. The molecule has 3 rings (SSSR count). The highest BCUT2D eigenvalue weighted by molar-refractivity contribution is 5.89. The Hall–Kier alpha value is -3.37. The van der Waals surface area contributed by atoms with Gasteiger partial charge in [0.25, 0.3) is 5.69 Å². The van der Waals surface area contributed by atoms with Gasteiger partial charge in [0.1, 0.15) is 18.5 Å². The third kappa shape index (κ3) is 6.56. The number of nitrogens with two attached hydrogens (primary N) is 1. The number of rotatable bonds is 10. The second kappa shape index (κ2) is 11.5. The van der Waals surface area contributed by atoms with E-state index in [1.165, 1.54) is 18.2 Å². The van der Waals surface area contributed by atoms with Crippen LogP contribution < -0.4 is 20.7 Å². The maximum Gasteiger partial charge on any atom is 0.338 e. The summed E-state index contributed by atoms with van der Waals surface area (Å²) in [5.74, 6) is -0.131. The van der Waals surface area contributed by atoms with Gasteiger partial charge in [-0.1, -0.05) is 6.07 Å². The molecule has 1 heterocycles. The number of carbonyl (C=O) groups excluding carboxylic acids is 1. The Morgan fingerprint density at radius 2 is 1.97 bits per heavy atom. The first kappa shape index (κ1) is 24.3. The zero-order valence-electron chi connectivity index (χ0n) is 18.6. The number of piperidine rings is 1. The van der Waals surface area contributed by atoms with Crippen molar-refractivity contribution < 1.29 is 24.3 Å². The number of nitro groups is 1. The predicted octanol–water partition coefficient (Wildman–Crippen LogP) is 2.35. The molecule has 4 N–H and O–H groups in total. The number of nitro benzene ring substituents is 1. The van der Waals surface area contributed by atoms with Crippen molar-refractivity contribution in [1.82, 2.24) is 5.32 Å². The second-order valence-electron chi connectivity index (χ2n) is 7.85. The Labute approximate surface area is 192 Å². The van der Waals surface area contributed by atoms with Crippen molar-refractivity contribution in [3.8, 4) is 5.75 Å². The van der Waals surface area contributed by atoms with Crippen LogP contribution in [0.5, 0.6) is 5.75 Å². The van der Waals surface area contributed by atoms with Crippen LogP contribution in [-0.2, 0) is 4.74 Å². The molecule has 1 saturated heterocycles. The number of anilines is 2. The zero-order valence-corrected chi connectivity index (χ0v) is 18.6. The molecule has 0 bridgehead atoms. The van der Waals surface area contributed by atoms with Crippen molar-refractivity contribution >= 4 is 23.0 Å². The Kier molecular flexibility index (Phi) is 8.45. The second-order valence-corrected chi connectivity index (χ2v) is 7.85. The van der Waals surface area contributed by atoms with E-state index in [2.05, 4.69) is 10.2 Å². The molecule has 1 atom stereocenters. The molecular formula is C23H30N4O6. The first-order valence-corrected chi connectivity index (χ1v) is 11.0. The SMILES string of the molecule is CCOC(=O)c1ccc(N2CCC(NC[C@H](O)COc3cccc([N+](=O)[O-])c3N)CC2)cc1. The predicted molar refractivity (Wildman–Crippen MR) is 125 cm³/mol. The summed E-state index contributed by atoms with van der Waals surface area (Å²) in [5.41, 5.74) is 7.10. The number of nitrogen functional groups attached to an aromatic ring is 1. The Balaban J connectivity index is 1.40. The van der Waals surface area contributed by atoms with Crippen molar-refractivity contribution in [2.24, 2.45) is 0 Å². The van der Waals surface area contributed by atoms with Crippen LogP contribution in [0, 0.1) is 10.1 Å². The van der Waals surface area contributed by atoms with E-state index in [0.717, 1.165) is 31.6 Å². The lowest BCUT2D eigenvalue weighted by molar-refractivity contribution is -0.384. The maximum absolute atomic E-state index is 11.8. The molecule has 0 amide bonds. The molecule has 1 aliphatic rings. The zero-order chi connectivity index (χ0) is 23.8. The maximum atomic E-state index is 11.8. The number of carbonyl (C=O) groups is 1. The number of ether oxygens (including phenoxy) is 2. The van der Waals surface area contributed by atoms with E-state index >= 15 is 0 Å². The first-order valence-electron chi connectivity index (χ1n) is 11.0. The van der Waals surface area contributed by atoms with Crippen molar-refractivity contribution in [1.29, 1.82) is 0 Å². The Bertz CT molecular complexity index is 944.